The lowest BCUT2D eigenvalue weighted by molar-refractivity contribution is 0.0657. The maximum absolute atomic E-state index is 6.15. The van der Waals surface area contributed by atoms with Crippen molar-refractivity contribution in [2.45, 2.75) is 25.3 Å². The van der Waals surface area contributed by atoms with E-state index in [1.54, 1.807) is 6.07 Å². The zero-order valence-corrected chi connectivity index (χ0v) is 12.7. The lowest BCUT2D eigenvalue weighted by Gasteiger charge is -2.35. The maximum Gasteiger partial charge on any atom is 0.163 e. The molecule has 1 aromatic carbocycles. The van der Waals surface area contributed by atoms with Gasteiger partial charge in [-0.25, -0.2) is 9.97 Å². The van der Waals surface area contributed by atoms with Crippen molar-refractivity contribution in [3.05, 3.63) is 41.6 Å². The minimum Gasteiger partial charge on any atom is -0.381 e. The van der Waals surface area contributed by atoms with Gasteiger partial charge >= 0.3 is 0 Å². The van der Waals surface area contributed by atoms with E-state index in [0.29, 0.717) is 11.0 Å². The summed E-state index contributed by atoms with van der Waals surface area (Å²) in [5.41, 5.74) is 0.948. The minimum atomic E-state index is -0.0100. The maximum atomic E-state index is 6.15. The Hall–Kier alpha value is -1.65. The average molecular weight is 304 g/mol. The van der Waals surface area contributed by atoms with Crippen molar-refractivity contribution < 1.29 is 4.74 Å². The van der Waals surface area contributed by atoms with Gasteiger partial charge in [-0.1, -0.05) is 41.9 Å². The van der Waals surface area contributed by atoms with Crippen LogP contribution in [0.1, 0.15) is 19.8 Å². The summed E-state index contributed by atoms with van der Waals surface area (Å²) >= 11 is 6.15. The molecule has 3 rings (SSSR count). The van der Waals surface area contributed by atoms with Gasteiger partial charge in [0.2, 0.25) is 0 Å². The summed E-state index contributed by atoms with van der Waals surface area (Å²) in [5, 5.41) is 3.94. The van der Waals surface area contributed by atoms with Gasteiger partial charge in [-0.05, 0) is 19.8 Å². The average Bonchev–Trinajstić information content (AvgIpc) is 2.48. The zero-order chi connectivity index (χ0) is 14.7. The second kappa shape index (κ2) is 6.00. The fourth-order valence-electron chi connectivity index (χ4n) is 2.45. The van der Waals surface area contributed by atoms with E-state index in [-0.39, 0.29) is 5.54 Å². The standard InChI is InChI=1S/C16H18ClN3O/c1-16(7-9-21-10-8-16)20-14-11-13(17)18-15(19-14)12-5-3-2-4-6-12/h2-6,11H,7-10H2,1H3,(H,18,19,20). The molecule has 0 aliphatic carbocycles. The van der Waals surface area contributed by atoms with E-state index >= 15 is 0 Å². The molecule has 1 saturated heterocycles. The molecule has 21 heavy (non-hydrogen) atoms. The van der Waals surface area contributed by atoms with Crippen molar-refractivity contribution in [1.29, 1.82) is 0 Å². The number of rotatable bonds is 3. The quantitative estimate of drug-likeness (QED) is 0.877. The summed E-state index contributed by atoms with van der Waals surface area (Å²) in [7, 11) is 0. The van der Waals surface area contributed by atoms with Crippen LogP contribution in [0.15, 0.2) is 36.4 Å². The fourth-order valence-corrected chi connectivity index (χ4v) is 2.64. The SMILES string of the molecule is CC1(Nc2cc(Cl)nc(-c3ccccc3)n2)CCOCC1. The summed E-state index contributed by atoms with van der Waals surface area (Å²) in [4.78, 5) is 8.91. The van der Waals surface area contributed by atoms with Crippen LogP contribution >= 0.6 is 11.6 Å². The molecule has 1 aromatic heterocycles. The van der Waals surface area contributed by atoms with E-state index in [1.807, 2.05) is 30.3 Å². The zero-order valence-electron chi connectivity index (χ0n) is 12.0. The molecule has 4 nitrogen and oxygen atoms in total. The Morgan fingerprint density at radius 2 is 1.86 bits per heavy atom. The first-order chi connectivity index (χ1) is 10.1. The smallest absolute Gasteiger partial charge is 0.163 e. The molecule has 0 spiro atoms. The fraction of sp³-hybridized carbons (Fsp3) is 0.375. The van der Waals surface area contributed by atoms with E-state index in [1.165, 1.54) is 0 Å². The molecule has 1 fully saturated rings. The molecule has 1 aliphatic rings. The highest BCUT2D eigenvalue weighted by molar-refractivity contribution is 6.29. The normalized spacial score (nSPS) is 17.4. The lowest BCUT2D eigenvalue weighted by atomic mass is 9.92. The first-order valence-corrected chi connectivity index (χ1v) is 7.48. The first kappa shape index (κ1) is 14.3. The van der Waals surface area contributed by atoms with E-state index in [2.05, 4.69) is 22.2 Å². The van der Waals surface area contributed by atoms with Gasteiger partial charge in [0.15, 0.2) is 5.82 Å². The summed E-state index contributed by atoms with van der Waals surface area (Å²) in [6, 6.07) is 11.6. The topological polar surface area (TPSA) is 47.0 Å². The largest absolute Gasteiger partial charge is 0.381 e. The second-order valence-electron chi connectivity index (χ2n) is 5.56. The van der Waals surface area contributed by atoms with Crippen molar-refractivity contribution in [2.75, 3.05) is 18.5 Å². The van der Waals surface area contributed by atoms with Crippen LogP contribution in [-0.4, -0.2) is 28.7 Å². The van der Waals surface area contributed by atoms with Crippen molar-refractivity contribution in [2.24, 2.45) is 0 Å². The van der Waals surface area contributed by atoms with Gasteiger partial charge in [-0.3, -0.25) is 0 Å². The summed E-state index contributed by atoms with van der Waals surface area (Å²) < 4.78 is 5.42. The van der Waals surface area contributed by atoms with Crippen molar-refractivity contribution in [3.63, 3.8) is 0 Å². The number of hydrogen-bond acceptors (Lipinski definition) is 4. The highest BCUT2D eigenvalue weighted by Crippen LogP contribution is 2.27. The van der Waals surface area contributed by atoms with Crippen molar-refractivity contribution in [3.8, 4) is 11.4 Å². The molecular formula is C16H18ClN3O. The van der Waals surface area contributed by atoms with Gasteiger partial charge in [0.05, 0.1) is 0 Å². The molecular weight excluding hydrogens is 286 g/mol. The van der Waals surface area contributed by atoms with Crippen LogP contribution in [-0.2, 0) is 4.74 Å². The lowest BCUT2D eigenvalue weighted by Crippen LogP contribution is -2.40. The van der Waals surface area contributed by atoms with Gasteiger partial charge in [0.25, 0.3) is 0 Å². The van der Waals surface area contributed by atoms with Crippen LogP contribution in [0, 0.1) is 0 Å². The number of ether oxygens (including phenoxy) is 1. The van der Waals surface area contributed by atoms with E-state index in [4.69, 9.17) is 16.3 Å². The Morgan fingerprint density at radius 1 is 1.14 bits per heavy atom. The molecule has 0 atom stereocenters. The Labute approximate surface area is 129 Å². The summed E-state index contributed by atoms with van der Waals surface area (Å²) in [5.74, 6) is 1.40. The van der Waals surface area contributed by atoms with Gasteiger partial charge in [0, 0.05) is 30.4 Å². The Balaban J connectivity index is 1.88. The number of hydrogen-bond donors (Lipinski definition) is 1. The highest BCUT2D eigenvalue weighted by atomic mass is 35.5. The van der Waals surface area contributed by atoms with E-state index in [9.17, 15) is 0 Å². The number of halogens is 1. The third kappa shape index (κ3) is 3.52. The minimum absolute atomic E-state index is 0.0100. The highest BCUT2D eigenvalue weighted by Gasteiger charge is 2.27. The predicted octanol–water partition coefficient (Wildman–Crippen LogP) is 3.78. The van der Waals surface area contributed by atoms with Crippen LogP contribution < -0.4 is 5.32 Å². The van der Waals surface area contributed by atoms with Crippen LogP contribution in [0.25, 0.3) is 11.4 Å². The third-order valence-corrected chi connectivity index (χ3v) is 3.95. The number of nitrogens with zero attached hydrogens (tertiary/aromatic N) is 2. The van der Waals surface area contributed by atoms with Gasteiger partial charge in [0.1, 0.15) is 11.0 Å². The van der Waals surface area contributed by atoms with Gasteiger partial charge in [-0.15, -0.1) is 0 Å². The summed E-state index contributed by atoms with van der Waals surface area (Å²) in [6.45, 7) is 3.73. The van der Waals surface area contributed by atoms with Crippen LogP contribution in [0.4, 0.5) is 5.82 Å². The molecule has 2 aromatic rings. The van der Waals surface area contributed by atoms with Crippen LogP contribution in [0.5, 0.6) is 0 Å². The monoisotopic (exact) mass is 303 g/mol. The molecule has 1 N–H and O–H groups in total. The summed E-state index contributed by atoms with van der Waals surface area (Å²) in [6.07, 6.45) is 1.91. The molecule has 0 amide bonds. The van der Waals surface area contributed by atoms with Gasteiger partial charge in [-0.2, -0.15) is 0 Å². The predicted molar refractivity (Wildman–Crippen MR) is 84.6 cm³/mol. The van der Waals surface area contributed by atoms with E-state index < -0.39 is 0 Å². The molecule has 110 valence electrons. The molecule has 2 heterocycles. The number of benzene rings is 1. The molecule has 0 saturated carbocycles. The number of anilines is 1. The third-order valence-electron chi connectivity index (χ3n) is 3.75. The van der Waals surface area contributed by atoms with Crippen LogP contribution in [0.2, 0.25) is 5.15 Å². The number of aromatic nitrogens is 2. The Morgan fingerprint density at radius 3 is 2.57 bits per heavy atom. The molecule has 5 heteroatoms. The van der Waals surface area contributed by atoms with Crippen LogP contribution in [0.3, 0.4) is 0 Å². The van der Waals surface area contributed by atoms with E-state index in [0.717, 1.165) is 37.4 Å². The molecule has 0 radical (unpaired) electrons. The molecule has 1 aliphatic heterocycles. The van der Waals surface area contributed by atoms with Crippen molar-refractivity contribution in [1.82, 2.24) is 9.97 Å². The Bertz CT molecular complexity index is 612. The van der Waals surface area contributed by atoms with Gasteiger partial charge < -0.3 is 10.1 Å². The van der Waals surface area contributed by atoms with Crippen molar-refractivity contribution >= 4 is 17.4 Å². The molecule has 0 unspecified atom stereocenters. The molecule has 0 bridgehead atoms. The number of nitrogens with one attached hydrogen (secondary N) is 1. The Kier molecular flexibility index (Phi) is 4.08. The first-order valence-electron chi connectivity index (χ1n) is 7.11. The second-order valence-corrected chi connectivity index (χ2v) is 5.95.